The highest BCUT2D eigenvalue weighted by Gasteiger charge is 2.29. The van der Waals surface area contributed by atoms with E-state index in [4.69, 9.17) is 9.47 Å². The van der Waals surface area contributed by atoms with Crippen LogP contribution in [0.4, 0.5) is 4.39 Å². The molecular formula is C22H35FN4O3. The number of rotatable bonds is 8. The Morgan fingerprint density at radius 2 is 1.80 bits per heavy atom. The lowest BCUT2D eigenvalue weighted by Crippen LogP contribution is -2.56. The van der Waals surface area contributed by atoms with Crippen molar-refractivity contribution in [2.24, 2.45) is 0 Å². The molecule has 7 nitrogen and oxygen atoms in total. The molecule has 0 saturated carbocycles. The average molecular weight is 423 g/mol. The van der Waals surface area contributed by atoms with Crippen molar-refractivity contribution in [3.05, 3.63) is 29.6 Å². The first-order valence-corrected chi connectivity index (χ1v) is 10.7. The van der Waals surface area contributed by atoms with Gasteiger partial charge in [-0.05, 0) is 32.0 Å². The molecule has 2 saturated heterocycles. The second-order valence-electron chi connectivity index (χ2n) is 8.70. The van der Waals surface area contributed by atoms with Gasteiger partial charge in [0.25, 0.3) is 0 Å². The first-order chi connectivity index (χ1) is 14.4. The third-order valence-electron chi connectivity index (χ3n) is 6.05. The zero-order chi connectivity index (χ0) is 21.6. The Morgan fingerprint density at radius 3 is 2.47 bits per heavy atom. The number of nitrogens with one attached hydrogen (secondary N) is 1. The van der Waals surface area contributed by atoms with Crippen LogP contribution >= 0.6 is 0 Å². The van der Waals surface area contributed by atoms with Crippen molar-refractivity contribution in [2.45, 2.75) is 25.9 Å². The lowest BCUT2D eigenvalue weighted by molar-refractivity contribution is -0.123. The fourth-order valence-electron chi connectivity index (χ4n) is 4.07. The van der Waals surface area contributed by atoms with E-state index in [0.717, 1.165) is 58.0 Å². The summed E-state index contributed by atoms with van der Waals surface area (Å²) >= 11 is 0. The molecule has 2 aliphatic rings. The molecule has 1 N–H and O–H groups in total. The van der Waals surface area contributed by atoms with Crippen molar-refractivity contribution in [3.63, 3.8) is 0 Å². The van der Waals surface area contributed by atoms with Gasteiger partial charge in [-0.25, -0.2) is 4.39 Å². The lowest BCUT2D eigenvalue weighted by Gasteiger charge is -2.41. The molecule has 0 spiro atoms. The molecule has 2 fully saturated rings. The van der Waals surface area contributed by atoms with Gasteiger partial charge in [-0.3, -0.25) is 19.5 Å². The van der Waals surface area contributed by atoms with Gasteiger partial charge in [-0.2, -0.15) is 0 Å². The first-order valence-electron chi connectivity index (χ1n) is 10.7. The van der Waals surface area contributed by atoms with Crippen LogP contribution in [0.15, 0.2) is 18.2 Å². The highest BCUT2D eigenvalue weighted by molar-refractivity contribution is 5.78. The highest BCUT2D eigenvalue weighted by atomic mass is 19.1. The smallest absolute Gasteiger partial charge is 0.234 e. The summed E-state index contributed by atoms with van der Waals surface area (Å²) in [6, 6.07) is 4.62. The number of carbonyl (C=O) groups is 1. The number of morpholine rings is 1. The molecule has 0 atom stereocenters. The zero-order valence-corrected chi connectivity index (χ0v) is 18.5. The third kappa shape index (κ3) is 6.38. The van der Waals surface area contributed by atoms with E-state index < -0.39 is 0 Å². The Labute approximate surface area is 179 Å². The van der Waals surface area contributed by atoms with E-state index in [1.165, 1.54) is 12.1 Å². The number of methoxy groups -OCH3 is 1. The van der Waals surface area contributed by atoms with E-state index in [-0.39, 0.29) is 17.3 Å². The number of hydrogen-bond acceptors (Lipinski definition) is 6. The van der Waals surface area contributed by atoms with Crippen molar-refractivity contribution in [2.75, 3.05) is 72.7 Å². The number of halogens is 1. The quantitative estimate of drug-likeness (QED) is 0.679. The fraction of sp³-hybridized carbons (Fsp3) is 0.682. The normalized spacial score (nSPS) is 19.6. The predicted octanol–water partition coefficient (Wildman–Crippen LogP) is 1.18. The van der Waals surface area contributed by atoms with Crippen molar-refractivity contribution in [1.82, 2.24) is 20.0 Å². The van der Waals surface area contributed by atoms with Crippen LogP contribution in [0.25, 0.3) is 0 Å². The minimum absolute atomic E-state index is 0.0663. The van der Waals surface area contributed by atoms with Crippen LogP contribution in [0.2, 0.25) is 0 Å². The first kappa shape index (κ1) is 22.9. The number of carbonyl (C=O) groups excluding carboxylic acids is 1. The van der Waals surface area contributed by atoms with E-state index in [1.807, 2.05) is 0 Å². The maximum Gasteiger partial charge on any atom is 0.234 e. The Hall–Kier alpha value is -1.74. The molecule has 30 heavy (non-hydrogen) atoms. The van der Waals surface area contributed by atoms with E-state index in [9.17, 15) is 9.18 Å². The third-order valence-corrected chi connectivity index (χ3v) is 6.05. The molecule has 2 aliphatic heterocycles. The SMILES string of the molecule is COc1ccc(F)cc1CN1CCN(CC(=O)NCC(C)(C)N2CCOCC2)CC1. The topological polar surface area (TPSA) is 57.3 Å². The summed E-state index contributed by atoms with van der Waals surface area (Å²) < 4.78 is 24.3. The lowest BCUT2D eigenvalue weighted by atomic mass is 10.0. The number of piperazine rings is 1. The van der Waals surface area contributed by atoms with E-state index in [0.29, 0.717) is 25.4 Å². The Kier molecular flexibility index (Phi) is 8.05. The molecule has 0 aliphatic carbocycles. The van der Waals surface area contributed by atoms with Crippen LogP contribution in [-0.2, 0) is 16.1 Å². The molecule has 1 amide bonds. The van der Waals surface area contributed by atoms with Gasteiger partial charge in [0.05, 0.1) is 26.9 Å². The predicted molar refractivity (Wildman–Crippen MR) is 114 cm³/mol. The molecule has 1 aromatic carbocycles. The number of benzene rings is 1. The Bertz CT molecular complexity index is 702. The summed E-state index contributed by atoms with van der Waals surface area (Å²) in [5.41, 5.74) is 0.774. The molecule has 0 radical (unpaired) electrons. The number of hydrogen-bond donors (Lipinski definition) is 1. The van der Waals surface area contributed by atoms with Crippen LogP contribution in [0.5, 0.6) is 5.75 Å². The van der Waals surface area contributed by atoms with E-state index in [2.05, 4.69) is 33.9 Å². The average Bonchev–Trinajstić information content (AvgIpc) is 2.75. The maximum atomic E-state index is 13.6. The number of amides is 1. The summed E-state index contributed by atoms with van der Waals surface area (Å²) in [5.74, 6) is 0.527. The molecule has 0 unspecified atom stereocenters. The van der Waals surface area contributed by atoms with Crippen LogP contribution < -0.4 is 10.1 Å². The van der Waals surface area contributed by atoms with Crippen LogP contribution in [0.1, 0.15) is 19.4 Å². The minimum atomic E-state index is -0.249. The van der Waals surface area contributed by atoms with Crippen LogP contribution in [0, 0.1) is 5.82 Å². The number of nitrogens with zero attached hydrogens (tertiary/aromatic N) is 3. The van der Waals surface area contributed by atoms with Crippen molar-refractivity contribution < 1.29 is 18.7 Å². The van der Waals surface area contributed by atoms with Crippen molar-refractivity contribution in [1.29, 1.82) is 0 Å². The van der Waals surface area contributed by atoms with Gasteiger partial charge in [-0.15, -0.1) is 0 Å². The molecule has 0 aromatic heterocycles. The van der Waals surface area contributed by atoms with Gasteiger partial charge in [-0.1, -0.05) is 0 Å². The van der Waals surface area contributed by atoms with Gasteiger partial charge >= 0.3 is 0 Å². The van der Waals surface area contributed by atoms with E-state index in [1.54, 1.807) is 13.2 Å². The molecule has 1 aromatic rings. The molecule has 3 rings (SSSR count). The summed E-state index contributed by atoms with van der Waals surface area (Å²) in [4.78, 5) is 19.3. The van der Waals surface area contributed by atoms with Gasteiger partial charge in [0.2, 0.25) is 5.91 Å². The highest BCUT2D eigenvalue weighted by Crippen LogP contribution is 2.21. The minimum Gasteiger partial charge on any atom is -0.496 e. The van der Waals surface area contributed by atoms with Crippen molar-refractivity contribution >= 4 is 5.91 Å². The summed E-state index contributed by atoms with van der Waals surface area (Å²) in [6.45, 7) is 12.6. The molecule has 8 heteroatoms. The monoisotopic (exact) mass is 422 g/mol. The van der Waals surface area contributed by atoms with Gasteiger partial charge in [0.1, 0.15) is 11.6 Å². The van der Waals surface area contributed by atoms with Crippen molar-refractivity contribution in [3.8, 4) is 5.75 Å². The van der Waals surface area contributed by atoms with Gasteiger partial charge < -0.3 is 14.8 Å². The second kappa shape index (κ2) is 10.5. The van der Waals surface area contributed by atoms with Gasteiger partial charge in [0, 0.05) is 63.5 Å². The van der Waals surface area contributed by atoms with Crippen LogP contribution in [-0.4, -0.2) is 98.8 Å². The standard InChI is InChI=1S/C22H35FN4O3/c1-22(2,27-10-12-30-13-11-27)17-24-21(28)16-26-8-6-25(7-9-26)15-18-14-19(23)4-5-20(18)29-3/h4-5,14H,6-13,15-17H2,1-3H3,(H,24,28). The summed E-state index contributed by atoms with van der Waals surface area (Å²) in [5, 5.41) is 3.10. The Morgan fingerprint density at radius 1 is 1.13 bits per heavy atom. The molecule has 2 heterocycles. The fourth-order valence-corrected chi connectivity index (χ4v) is 4.07. The number of ether oxygens (including phenoxy) is 2. The summed E-state index contributed by atoms with van der Waals surface area (Å²) in [7, 11) is 1.60. The molecule has 168 valence electrons. The van der Waals surface area contributed by atoms with Crippen LogP contribution in [0.3, 0.4) is 0 Å². The maximum absolute atomic E-state index is 13.6. The Balaban J connectivity index is 1.40. The molecule has 0 bridgehead atoms. The molecular weight excluding hydrogens is 387 g/mol. The second-order valence-corrected chi connectivity index (χ2v) is 8.70. The summed E-state index contributed by atoms with van der Waals surface area (Å²) in [6.07, 6.45) is 0. The largest absolute Gasteiger partial charge is 0.496 e. The zero-order valence-electron chi connectivity index (χ0n) is 18.5. The van der Waals surface area contributed by atoms with E-state index >= 15 is 0 Å². The van der Waals surface area contributed by atoms with Gasteiger partial charge in [0.15, 0.2) is 0 Å².